The van der Waals surface area contributed by atoms with Crippen molar-refractivity contribution < 1.29 is 27.4 Å². The molecule has 0 radical (unpaired) electrons. The monoisotopic (exact) mass is 511 g/mol. The van der Waals surface area contributed by atoms with E-state index in [2.05, 4.69) is 10.5 Å². The van der Waals surface area contributed by atoms with E-state index in [-0.39, 0.29) is 11.4 Å². The van der Waals surface area contributed by atoms with Gasteiger partial charge in [0.05, 0.1) is 39.0 Å². The third-order valence-electron chi connectivity index (χ3n) is 5.34. The van der Waals surface area contributed by atoms with Crippen molar-refractivity contribution in [2.75, 3.05) is 34.4 Å². The molecular formula is C26H29N3O6S. The van der Waals surface area contributed by atoms with Crippen LogP contribution >= 0.6 is 0 Å². The lowest BCUT2D eigenvalue weighted by atomic mass is 10.1. The maximum Gasteiger partial charge on any atom is 0.255 e. The van der Waals surface area contributed by atoms with Crippen LogP contribution in [0.3, 0.4) is 0 Å². The topological polar surface area (TPSA) is 107 Å². The highest BCUT2D eigenvalue weighted by Gasteiger charge is 2.26. The molecule has 190 valence electrons. The van der Waals surface area contributed by atoms with E-state index in [4.69, 9.17) is 14.2 Å². The molecule has 3 aromatic rings. The first-order chi connectivity index (χ1) is 17.4. The van der Waals surface area contributed by atoms with Crippen LogP contribution in [-0.4, -0.2) is 59.3 Å². The summed E-state index contributed by atoms with van der Waals surface area (Å²) in [5, 5.41) is 3.98. The molecule has 0 atom stereocenters. The molecule has 0 unspecified atom stereocenters. The molecule has 0 spiro atoms. The second-order valence-corrected chi connectivity index (χ2v) is 9.56. The summed E-state index contributed by atoms with van der Waals surface area (Å²) in [4.78, 5) is 12.8. The lowest BCUT2D eigenvalue weighted by Crippen LogP contribution is -2.40. The van der Waals surface area contributed by atoms with Crippen molar-refractivity contribution in [2.24, 2.45) is 5.10 Å². The van der Waals surface area contributed by atoms with Crippen molar-refractivity contribution in [2.45, 2.75) is 11.3 Å². The van der Waals surface area contributed by atoms with E-state index in [1.54, 1.807) is 30.3 Å². The van der Waals surface area contributed by atoms with Crippen LogP contribution in [0.15, 0.2) is 82.8 Å². The molecule has 1 N–H and O–H groups in total. The first-order valence-electron chi connectivity index (χ1n) is 11.1. The fraction of sp³-hybridized carbons (Fsp3) is 0.231. The molecule has 3 rings (SSSR count). The van der Waals surface area contributed by atoms with Crippen LogP contribution in [0, 0.1) is 0 Å². The molecule has 3 aromatic carbocycles. The Kier molecular flexibility index (Phi) is 9.43. The van der Waals surface area contributed by atoms with Gasteiger partial charge in [0.25, 0.3) is 5.91 Å². The summed E-state index contributed by atoms with van der Waals surface area (Å²) in [6.45, 7) is -0.299. The summed E-state index contributed by atoms with van der Waals surface area (Å²) in [5.74, 6) is 0.929. The number of hydrogen-bond acceptors (Lipinski definition) is 7. The Labute approximate surface area is 211 Å². The Hall–Kier alpha value is -3.89. The molecule has 0 aliphatic rings. The number of hydrogen-bond donors (Lipinski definition) is 1. The maximum absolute atomic E-state index is 13.4. The van der Waals surface area contributed by atoms with Gasteiger partial charge in [0, 0.05) is 12.1 Å². The Morgan fingerprint density at radius 3 is 2.28 bits per heavy atom. The normalized spacial score (nSPS) is 11.4. The van der Waals surface area contributed by atoms with E-state index in [0.29, 0.717) is 29.2 Å². The molecule has 10 heteroatoms. The fourth-order valence-corrected chi connectivity index (χ4v) is 4.86. The summed E-state index contributed by atoms with van der Waals surface area (Å²) in [6, 6.07) is 20.7. The Balaban J connectivity index is 1.76. The molecular weight excluding hydrogens is 482 g/mol. The predicted octanol–water partition coefficient (Wildman–Crippen LogP) is 3.10. The van der Waals surface area contributed by atoms with Crippen LogP contribution in [0.5, 0.6) is 17.2 Å². The molecule has 36 heavy (non-hydrogen) atoms. The number of rotatable bonds is 12. The zero-order chi connectivity index (χ0) is 26.0. The lowest BCUT2D eigenvalue weighted by molar-refractivity contribution is -0.121. The number of hydrazone groups is 1. The molecule has 0 heterocycles. The summed E-state index contributed by atoms with van der Waals surface area (Å²) in [7, 11) is 0.566. The van der Waals surface area contributed by atoms with Crippen molar-refractivity contribution in [3.8, 4) is 17.2 Å². The molecule has 0 bridgehead atoms. The van der Waals surface area contributed by atoms with Gasteiger partial charge in [-0.25, -0.2) is 13.8 Å². The first kappa shape index (κ1) is 26.7. The smallest absolute Gasteiger partial charge is 0.255 e. The van der Waals surface area contributed by atoms with Crippen molar-refractivity contribution in [3.63, 3.8) is 0 Å². The number of carbonyl (C=O) groups excluding carboxylic acids is 1. The molecule has 0 fully saturated rings. The van der Waals surface area contributed by atoms with Crippen LogP contribution in [-0.2, 0) is 21.2 Å². The van der Waals surface area contributed by atoms with Crippen molar-refractivity contribution in [1.29, 1.82) is 0 Å². The second kappa shape index (κ2) is 12.7. The number of sulfonamides is 1. The van der Waals surface area contributed by atoms with Crippen molar-refractivity contribution >= 4 is 22.1 Å². The van der Waals surface area contributed by atoms with E-state index in [9.17, 15) is 13.2 Å². The number of ether oxygens (including phenoxy) is 3. The van der Waals surface area contributed by atoms with Gasteiger partial charge < -0.3 is 14.2 Å². The predicted molar refractivity (Wildman–Crippen MR) is 137 cm³/mol. The van der Waals surface area contributed by atoms with E-state index >= 15 is 0 Å². The third-order valence-corrected chi connectivity index (χ3v) is 7.20. The largest absolute Gasteiger partial charge is 0.497 e. The zero-order valence-electron chi connectivity index (χ0n) is 20.4. The first-order valence-corrected chi connectivity index (χ1v) is 12.5. The van der Waals surface area contributed by atoms with Gasteiger partial charge in [0.1, 0.15) is 5.75 Å². The van der Waals surface area contributed by atoms with Gasteiger partial charge in [-0.05, 0) is 48.4 Å². The van der Waals surface area contributed by atoms with E-state index in [0.717, 1.165) is 9.87 Å². The fourth-order valence-electron chi connectivity index (χ4n) is 3.46. The van der Waals surface area contributed by atoms with Crippen LogP contribution in [0.2, 0.25) is 0 Å². The highest BCUT2D eigenvalue weighted by molar-refractivity contribution is 7.89. The minimum Gasteiger partial charge on any atom is -0.497 e. The van der Waals surface area contributed by atoms with E-state index in [1.807, 2.05) is 30.3 Å². The van der Waals surface area contributed by atoms with E-state index < -0.39 is 22.5 Å². The molecule has 0 saturated carbocycles. The van der Waals surface area contributed by atoms with Crippen LogP contribution in [0.1, 0.15) is 11.1 Å². The average molecular weight is 512 g/mol. The van der Waals surface area contributed by atoms with Crippen molar-refractivity contribution in [1.82, 2.24) is 9.73 Å². The standard InChI is InChI=1S/C26H29N3O6S/c1-33-22-12-14-23(15-13-22)36(31,32)29(17-16-20-8-5-4-6-9-20)19-25(30)28-27-18-21-10-7-11-24(34-2)26(21)35-3/h4-15,18H,16-17,19H2,1-3H3,(H,28,30)/b27-18-. The van der Waals surface area contributed by atoms with Gasteiger partial charge in [-0.15, -0.1) is 0 Å². The van der Waals surface area contributed by atoms with Crippen molar-refractivity contribution in [3.05, 3.63) is 83.9 Å². The van der Waals surface area contributed by atoms with Crippen LogP contribution in [0.25, 0.3) is 0 Å². The van der Waals surface area contributed by atoms with Gasteiger partial charge >= 0.3 is 0 Å². The molecule has 0 aliphatic heterocycles. The molecule has 0 aromatic heterocycles. The summed E-state index contributed by atoms with van der Waals surface area (Å²) >= 11 is 0. The average Bonchev–Trinajstić information content (AvgIpc) is 2.91. The molecule has 1 amide bonds. The lowest BCUT2D eigenvalue weighted by Gasteiger charge is -2.21. The van der Waals surface area contributed by atoms with Gasteiger partial charge in [0.2, 0.25) is 10.0 Å². The highest BCUT2D eigenvalue weighted by Crippen LogP contribution is 2.29. The zero-order valence-corrected chi connectivity index (χ0v) is 21.2. The number of methoxy groups -OCH3 is 3. The summed E-state index contributed by atoms with van der Waals surface area (Å²) in [5.41, 5.74) is 3.94. The summed E-state index contributed by atoms with van der Waals surface area (Å²) in [6.07, 6.45) is 1.85. The number of benzene rings is 3. The Morgan fingerprint density at radius 2 is 1.64 bits per heavy atom. The van der Waals surface area contributed by atoms with Gasteiger partial charge in [0.15, 0.2) is 11.5 Å². The number of carbonyl (C=O) groups is 1. The molecule has 0 saturated heterocycles. The Bertz CT molecular complexity index is 1280. The third kappa shape index (κ3) is 6.83. The van der Waals surface area contributed by atoms with Gasteiger partial charge in [-0.1, -0.05) is 36.4 Å². The number of nitrogens with zero attached hydrogens (tertiary/aromatic N) is 2. The van der Waals surface area contributed by atoms with Crippen LogP contribution in [0.4, 0.5) is 0 Å². The minimum atomic E-state index is -3.96. The van der Waals surface area contributed by atoms with Gasteiger partial charge in [-0.3, -0.25) is 4.79 Å². The Morgan fingerprint density at radius 1 is 0.917 bits per heavy atom. The summed E-state index contributed by atoms with van der Waals surface area (Å²) < 4.78 is 43.6. The molecule has 9 nitrogen and oxygen atoms in total. The highest BCUT2D eigenvalue weighted by atomic mass is 32.2. The second-order valence-electron chi connectivity index (χ2n) is 7.63. The molecule has 0 aliphatic carbocycles. The number of nitrogens with one attached hydrogen (secondary N) is 1. The van der Waals surface area contributed by atoms with Crippen LogP contribution < -0.4 is 19.6 Å². The van der Waals surface area contributed by atoms with Gasteiger partial charge in [-0.2, -0.15) is 9.41 Å². The minimum absolute atomic E-state index is 0.0637. The maximum atomic E-state index is 13.4. The number of para-hydroxylation sites is 1. The quantitative estimate of drug-likeness (QED) is 0.296. The number of amides is 1. The SMILES string of the molecule is COc1ccc(S(=O)(=O)N(CCc2ccccc2)CC(=O)N/N=C\c2cccc(OC)c2OC)cc1. The van der Waals surface area contributed by atoms with E-state index in [1.165, 1.54) is 39.7 Å².